The molecule has 1 saturated heterocycles. The smallest absolute Gasteiger partial charge is 0.270 e. The predicted octanol–water partition coefficient (Wildman–Crippen LogP) is 1.41. The second-order valence-corrected chi connectivity index (χ2v) is 7.42. The Morgan fingerprint density at radius 3 is 3.00 bits per heavy atom. The number of nitrogens with zero attached hydrogens (tertiary/aromatic N) is 2. The molecule has 7 heteroatoms. The lowest BCUT2D eigenvalue weighted by Crippen LogP contribution is -2.45. The van der Waals surface area contributed by atoms with Crippen LogP contribution >= 0.6 is 22.2 Å². The van der Waals surface area contributed by atoms with Crippen LogP contribution in [0.15, 0.2) is 26.2 Å². The van der Waals surface area contributed by atoms with Crippen molar-refractivity contribution < 1.29 is 10.0 Å². The molecule has 0 aliphatic carbocycles. The molecule has 2 aliphatic heterocycles. The standard InChI is InChI=1S/C12H15N3O2S2/c16-12(15-5-3-13-4-6-15)19-8-2-9-10(14-17)1-7-18-11(9)19/h1-2,7-8,13,17,19H,3-6H2. The number of nitrogens with one attached hydrogen (secondary N) is 1. The molecule has 19 heavy (non-hydrogen) atoms. The van der Waals surface area contributed by atoms with Crippen molar-refractivity contribution in [2.45, 2.75) is 4.21 Å². The fraction of sp³-hybridized carbons (Fsp3) is 0.333. The summed E-state index contributed by atoms with van der Waals surface area (Å²) < 4.78 is 1.04. The Morgan fingerprint density at radius 1 is 1.47 bits per heavy atom. The average Bonchev–Trinajstić information content (AvgIpc) is 2.91. The van der Waals surface area contributed by atoms with E-state index in [1.54, 1.807) is 17.4 Å². The van der Waals surface area contributed by atoms with Crippen molar-refractivity contribution in [3.8, 4) is 0 Å². The van der Waals surface area contributed by atoms with Crippen molar-refractivity contribution in [3.05, 3.63) is 27.8 Å². The van der Waals surface area contributed by atoms with Crippen LogP contribution in [0.5, 0.6) is 0 Å². The SMILES string of the molecule is O=C(N1CCNCC1)[SH]1C=Cc2c1sccc2=NO. The van der Waals surface area contributed by atoms with Crippen LogP contribution in [0.25, 0.3) is 6.08 Å². The third kappa shape index (κ3) is 2.29. The van der Waals surface area contributed by atoms with Gasteiger partial charge in [0.15, 0.2) is 0 Å². The molecule has 1 atom stereocenters. The van der Waals surface area contributed by atoms with Gasteiger partial charge < -0.3 is 15.4 Å². The minimum absolute atomic E-state index is 0.206. The lowest BCUT2D eigenvalue weighted by molar-refractivity contribution is 0.215. The molecule has 0 bridgehead atoms. The Bertz CT molecular complexity index is 591. The summed E-state index contributed by atoms with van der Waals surface area (Å²) in [7, 11) is -0.941. The van der Waals surface area contributed by atoms with Gasteiger partial charge in [0.2, 0.25) is 0 Å². The number of hydrogen-bond acceptors (Lipinski definition) is 5. The molecule has 0 radical (unpaired) electrons. The van der Waals surface area contributed by atoms with E-state index < -0.39 is 10.9 Å². The highest BCUT2D eigenvalue weighted by molar-refractivity contribution is 8.33. The van der Waals surface area contributed by atoms with Gasteiger partial charge in [0.1, 0.15) is 5.36 Å². The Kier molecular flexibility index (Phi) is 3.58. The van der Waals surface area contributed by atoms with Gasteiger partial charge in [-0.25, -0.2) is 0 Å². The predicted molar refractivity (Wildman–Crippen MR) is 77.8 cm³/mol. The molecule has 0 saturated carbocycles. The molecule has 2 N–H and O–H groups in total. The number of fused-ring (bicyclic) bond motifs is 1. The zero-order valence-corrected chi connectivity index (χ0v) is 12.0. The van der Waals surface area contributed by atoms with Gasteiger partial charge in [-0.1, -0.05) is 5.16 Å². The average molecular weight is 297 g/mol. The quantitative estimate of drug-likeness (QED) is 0.385. The molecule has 3 heterocycles. The van der Waals surface area contributed by atoms with Crippen molar-refractivity contribution in [1.29, 1.82) is 0 Å². The fourth-order valence-electron chi connectivity index (χ4n) is 2.23. The van der Waals surface area contributed by atoms with Gasteiger partial charge in [-0.05, 0) is 22.9 Å². The first-order chi connectivity index (χ1) is 9.31. The minimum Gasteiger partial charge on any atom is -0.410 e. The highest BCUT2D eigenvalue weighted by Crippen LogP contribution is 2.48. The number of carbonyl (C=O) groups excluding carboxylic acids is 1. The van der Waals surface area contributed by atoms with Crippen molar-refractivity contribution in [1.82, 2.24) is 10.2 Å². The van der Waals surface area contributed by atoms with Crippen molar-refractivity contribution >= 4 is 33.5 Å². The third-order valence-electron chi connectivity index (χ3n) is 3.22. The Balaban J connectivity index is 1.90. The summed E-state index contributed by atoms with van der Waals surface area (Å²) in [5.74, 6) is 0. The first kappa shape index (κ1) is 12.7. The van der Waals surface area contributed by atoms with E-state index >= 15 is 0 Å². The van der Waals surface area contributed by atoms with Crippen molar-refractivity contribution in [2.75, 3.05) is 26.2 Å². The van der Waals surface area contributed by atoms with E-state index in [2.05, 4.69) is 10.5 Å². The molecule has 1 aromatic rings. The molecular weight excluding hydrogens is 282 g/mol. The topological polar surface area (TPSA) is 64.9 Å². The van der Waals surface area contributed by atoms with Crippen molar-refractivity contribution in [3.63, 3.8) is 0 Å². The molecule has 1 amide bonds. The summed E-state index contributed by atoms with van der Waals surface area (Å²) in [6, 6.07) is 1.77. The lowest BCUT2D eigenvalue weighted by atomic mass is 10.3. The number of hydrogen-bond donors (Lipinski definition) is 3. The fourth-order valence-corrected chi connectivity index (χ4v) is 5.60. The Labute approximate surface area is 117 Å². The maximum Gasteiger partial charge on any atom is 0.270 e. The summed E-state index contributed by atoms with van der Waals surface area (Å²) in [5.41, 5.74) is 0.893. The van der Waals surface area contributed by atoms with Gasteiger partial charge >= 0.3 is 0 Å². The summed E-state index contributed by atoms with van der Waals surface area (Å²) in [6.45, 7) is 3.27. The number of amides is 1. The molecule has 1 fully saturated rings. The molecular formula is C12H15N3O2S2. The van der Waals surface area contributed by atoms with Gasteiger partial charge in [-0.3, -0.25) is 4.79 Å². The van der Waals surface area contributed by atoms with E-state index in [1.807, 2.05) is 21.8 Å². The molecule has 1 unspecified atom stereocenters. The Hall–Kier alpha value is -1.31. The lowest BCUT2D eigenvalue weighted by Gasteiger charge is -2.30. The van der Waals surface area contributed by atoms with Crippen LogP contribution in [0.2, 0.25) is 0 Å². The molecule has 5 nitrogen and oxygen atoms in total. The second kappa shape index (κ2) is 5.36. The monoisotopic (exact) mass is 297 g/mol. The van der Waals surface area contributed by atoms with Crippen LogP contribution in [-0.2, 0) is 0 Å². The summed E-state index contributed by atoms with van der Waals surface area (Å²) in [6.07, 6.45) is 1.91. The van der Waals surface area contributed by atoms with Gasteiger partial charge in [0.25, 0.3) is 5.24 Å². The maximum absolute atomic E-state index is 12.6. The van der Waals surface area contributed by atoms with Gasteiger partial charge in [-0.2, -0.15) is 0 Å². The highest BCUT2D eigenvalue weighted by atomic mass is 32.2. The van der Waals surface area contributed by atoms with E-state index in [0.29, 0.717) is 5.36 Å². The van der Waals surface area contributed by atoms with E-state index in [4.69, 9.17) is 5.21 Å². The summed E-state index contributed by atoms with van der Waals surface area (Å²) >= 11 is 1.56. The molecule has 0 spiro atoms. The maximum atomic E-state index is 12.6. The zero-order valence-electron chi connectivity index (χ0n) is 10.2. The summed E-state index contributed by atoms with van der Waals surface area (Å²) in [4.78, 5) is 14.5. The van der Waals surface area contributed by atoms with Gasteiger partial charge in [0.05, 0.1) is 4.21 Å². The zero-order chi connectivity index (χ0) is 13.2. The van der Waals surface area contributed by atoms with Crippen LogP contribution in [-0.4, -0.2) is 41.5 Å². The van der Waals surface area contributed by atoms with Crippen LogP contribution in [0.1, 0.15) is 5.56 Å². The van der Waals surface area contributed by atoms with Crippen LogP contribution in [0, 0.1) is 0 Å². The first-order valence-electron chi connectivity index (χ1n) is 6.08. The second-order valence-electron chi connectivity index (χ2n) is 4.33. The molecule has 2 aliphatic rings. The normalized spacial score (nSPS) is 24.5. The van der Waals surface area contributed by atoms with Gasteiger partial charge in [0, 0.05) is 31.7 Å². The first-order valence-corrected chi connectivity index (χ1v) is 8.37. The van der Waals surface area contributed by atoms with E-state index in [9.17, 15) is 4.79 Å². The molecule has 1 aromatic heterocycles. The minimum atomic E-state index is -0.941. The Morgan fingerprint density at radius 2 is 2.26 bits per heavy atom. The molecule has 102 valence electrons. The number of piperazine rings is 1. The number of rotatable bonds is 0. The molecule has 3 rings (SSSR count). The van der Waals surface area contributed by atoms with Gasteiger partial charge in [-0.15, -0.1) is 22.2 Å². The summed E-state index contributed by atoms with van der Waals surface area (Å²) in [5, 5.41) is 20.1. The van der Waals surface area contributed by atoms with Crippen LogP contribution < -0.4 is 10.7 Å². The van der Waals surface area contributed by atoms with E-state index in [-0.39, 0.29) is 5.24 Å². The number of carbonyl (C=O) groups is 1. The third-order valence-corrected chi connectivity index (χ3v) is 6.66. The van der Waals surface area contributed by atoms with E-state index in [1.165, 1.54) is 0 Å². The van der Waals surface area contributed by atoms with E-state index in [0.717, 1.165) is 36.0 Å². The largest absolute Gasteiger partial charge is 0.410 e. The van der Waals surface area contributed by atoms with Crippen LogP contribution in [0.4, 0.5) is 4.79 Å². The van der Waals surface area contributed by atoms with Crippen molar-refractivity contribution in [2.24, 2.45) is 5.16 Å². The number of thiol groups is 1. The van der Waals surface area contributed by atoms with Crippen LogP contribution in [0.3, 0.4) is 0 Å². The molecule has 0 aromatic carbocycles. The highest BCUT2D eigenvalue weighted by Gasteiger charge is 2.27.